The minimum absolute atomic E-state index is 0.407. The molecule has 1 unspecified atom stereocenters. The summed E-state index contributed by atoms with van der Waals surface area (Å²) in [5, 5.41) is 0. The topological polar surface area (TPSA) is 31.0 Å². The van der Waals surface area contributed by atoms with E-state index in [1.807, 2.05) is 7.11 Å². The molecule has 3 nitrogen and oxygen atoms in total. The Labute approximate surface area is 94.2 Å². The summed E-state index contributed by atoms with van der Waals surface area (Å²) >= 11 is 0. The Balaban J connectivity index is 1.79. The predicted octanol–water partition coefficient (Wildman–Crippen LogP) is 2.42. The molecule has 0 aromatic rings. The normalized spacial score (nSPS) is 20.6. The van der Waals surface area contributed by atoms with E-state index in [1.165, 1.54) is 25.3 Å². The standard InChI is InChI=1S/C11H24O3Si/c1-12-15(2,3)8-6-4-5-7-13-9-11-10-14-11/h11H,4-10H2,1-3H3. The highest BCUT2D eigenvalue weighted by Crippen LogP contribution is 2.15. The van der Waals surface area contributed by atoms with Crippen LogP contribution in [0.15, 0.2) is 0 Å². The smallest absolute Gasteiger partial charge is 0.186 e. The van der Waals surface area contributed by atoms with E-state index < -0.39 is 8.32 Å². The number of unbranched alkanes of at least 4 members (excludes halogenated alkanes) is 2. The fourth-order valence-corrected chi connectivity index (χ4v) is 2.72. The first-order valence-corrected chi connectivity index (χ1v) is 9.00. The average Bonchev–Trinajstić information content (AvgIpc) is 3.00. The van der Waals surface area contributed by atoms with Gasteiger partial charge in [-0.3, -0.25) is 0 Å². The van der Waals surface area contributed by atoms with Gasteiger partial charge in [-0.1, -0.05) is 12.8 Å². The van der Waals surface area contributed by atoms with Gasteiger partial charge in [0.15, 0.2) is 8.32 Å². The summed E-state index contributed by atoms with van der Waals surface area (Å²) in [5.41, 5.74) is 0. The van der Waals surface area contributed by atoms with Gasteiger partial charge in [0.25, 0.3) is 0 Å². The molecule has 0 radical (unpaired) electrons. The van der Waals surface area contributed by atoms with E-state index in [0.717, 1.165) is 19.8 Å². The van der Waals surface area contributed by atoms with Gasteiger partial charge in [0.05, 0.1) is 13.2 Å². The third-order valence-corrected chi connectivity index (χ3v) is 5.49. The average molecular weight is 232 g/mol. The number of hydrogen-bond acceptors (Lipinski definition) is 3. The fraction of sp³-hybridized carbons (Fsp3) is 1.00. The number of epoxide rings is 1. The Kier molecular flexibility index (Phi) is 5.82. The van der Waals surface area contributed by atoms with E-state index in [2.05, 4.69) is 13.1 Å². The van der Waals surface area contributed by atoms with Crippen LogP contribution in [0, 0.1) is 0 Å². The highest BCUT2D eigenvalue weighted by molar-refractivity contribution is 6.71. The molecule has 4 heteroatoms. The monoisotopic (exact) mass is 232 g/mol. The molecule has 0 amide bonds. The number of ether oxygens (including phenoxy) is 2. The van der Waals surface area contributed by atoms with Gasteiger partial charge in [0.2, 0.25) is 0 Å². The molecule has 15 heavy (non-hydrogen) atoms. The van der Waals surface area contributed by atoms with E-state index in [1.54, 1.807) is 0 Å². The van der Waals surface area contributed by atoms with Crippen molar-refractivity contribution in [2.45, 2.75) is 44.5 Å². The Hall–Kier alpha value is 0.0969. The van der Waals surface area contributed by atoms with E-state index in [4.69, 9.17) is 13.9 Å². The maximum absolute atomic E-state index is 5.50. The largest absolute Gasteiger partial charge is 0.420 e. The van der Waals surface area contributed by atoms with Crippen molar-refractivity contribution in [1.82, 2.24) is 0 Å². The lowest BCUT2D eigenvalue weighted by atomic mass is 10.3. The summed E-state index contributed by atoms with van der Waals surface area (Å²) in [5.74, 6) is 0. The van der Waals surface area contributed by atoms with Gasteiger partial charge in [0.1, 0.15) is 6.10 Å². The van der Waals surface area contributed by atoms with Crippen LogP contribution in [-0.4, -0.2) is 41.4 Å². The van der Waals surface area contributed by atoms with Crippen LogP contribution in [0.4, 0.5) is 0 Å². The Morgan fingerprint density at radius 3 is 2.60 bits per heavy atom. The summed E-state index contributed by atoms with van der Waals surface area (Å²) in [7, 11) is 0.524. The summed E-state index contributed by atoms with van der Waals surface area (Å²) in [6.07, 6.45) is 4.10. The first kappa shape index (κ1) is 13.2. The van der Waals surface area contributed by atoms with Crippen molar-refractivity contribution in [1.29, 1.82) is 0 Å². The summed E-state index contributed by atoms with van der Waals surface area (Å²) in [6.45, 7) is 7.11. The van der Waals surface area contributed by atoms with Crippen LogP contribution in [0.25, 0.3) is 0 Å². The van der Waals surface area contributed by atoms with Crippen molar-refractivity contribution in [2.24, 2.45) is 0 Å². The Morgan fingerprint density at radius 2 is 2.00 bits per heavy atom. The van der Waals surface area contributed by atoms with E-state index in [-0.39, 0.29) is 0 Å². The molecule has 1 rings (SSSR count). The van der Waals surface area contributed by atoms with Gasteiger partial charge in [-0.25, -0.2) is 0 Å². The number of rotatable bonds is 9. The second-order valence-corrected chi connectivity index (χ2v) is 9.23. The molecular formula is C11H24O3Si. The molecule has 1 fully saturated rings. The van der Waals surface area contributed by atoms with Gasteiger partial charge in [-0.15, -0.1) is 0 Å². The third kappa shape index (κ3) is 7.06. The maximum Gasteiger partial charge on any atom is 0.186 e. The zero-order chi connectivity index (χ0) is 11.1. The van der Waals surface area contributed by atoms with Crippen LogP contribution in [0.3, 0.4) is 0 Å². The minimum Gasteiger partial charge on any atom is -0.420 e. The molecule has 1 aliphatic heterocycles. The summed E-state index contributed by atoms with van der Waals surface area (Å²) in [4.78, 5) is 0. The van der Waals surface area contributed by atoms with Gasteiger partial charge < -0.3 is 13.9 Å². The zero-order valence-electron chi connectivity index (χ0n) is 10.3. The van der Waals surface area contributed by atoms with Crippen molar-refractivity contribution in [3.05, 3.63) is 0 Å². The molecule has 0 saturated carbocycles. The lowest BCUT2D eigenvalue weighted by molar-refractivity contribution is 0.113. The molecule has 0 N–H and O–H groups in total. The molecule has 1 heterocycles. The van der Waals surface area contributed by atoms with Crippen LogP contribution < -0.4 is 0 Å². The van der Waals surface area contributed by atoms with E-state index in [9.17, 15) is 0 Å². The predicted molar refractivity (Wildman–Crippen MR) is 63.7 cm³/mol. The third-order valence-electron chi connectivity index (χ3n) is 2.83. The molecule has 0 aromatic heterocycles. The molecular weight excluding hydrogens is 208 g/mol. The highest BCUT2D eigenvalue weighted by Gasteiger charge is 2.22. The first-order chi connectivity index (χ1) is 7.14. The molecule has 0 bridgehead atoms. The SMILES string of the molecule is CO[Si](C)(C)CCCCCOCC1CO1. The van der Waals surface area contributed by atoms with Gasteiger partial charge in [-0.05, 0) is 25.6 Å². The van der Waals surface area contributed by atoms with Crippen molar-refractivity contribution < 1.29 is 13.9 Å². The quantitative estimate of drug-likeness (QED) is 0.347. The van der Waals surface area contributed by atoms with Gasteiger partial charge in [-0.2, -0.15) is 0 Å². The number of hydrogen-bond donors (Lipinski definition) is 0. The molecule has 0 aliphatic carbocycles. The van der Waals surface area contributed by atoms with Crippen molar-refractivity contribution in [3.8, 4) is 0 Å². The zero-order valence-corrected chi connectivity index (χ0v) is 11.3. The van der Waals surface area contributed by atoms with Crippen LogP contribution in [0.1, 0.15) is 19.3 Å². The van der Waals surface area contributed by atoms with Gasteiger partial charge >= 0.3 is 0 Å². The van der Waals surface area contributed by atoms with Crippen LogP contribution in [-0.2, 0) is 13.9 Å². The van der Waals surface area contributed by atoms with Crippen LogP contribution >= 0.6 is 0 Å². The molecule has 1 aliphatic rings. The summed E-state index contributed by atoms with van der Waals surface area (Å²) in [6, 6.07) is 1.26. The van der Waals surface area contributed by atoms with Crippen molar-refractivity contribution >= 4 is 8.32 Å². The molecule has 0 spiro atoms. The Bertz CT molecular complexity index is 169. The minimum atomic E-state index is -1.31. The lowest BCUT2D eigenvalue weighted by Crippen LogP contribution is -2.27. The second kappa shape index (κ2) is 6.63. The highest BCUT2D eigenvalue weighted by atomic mass is 28.4. The van der Waals surface area contributed by atoms with Crippen molar-refractivity contribution in [2.75, 3.05) is 26.9 Å². The van der Waals surface area contributed by atoms with E-state index >= 15 is 0 Å². The van der Waals surface area contributed by atoms with Crippen LogP contribution in [0.2, 0.25) is 19.1 Å². The molecule has 0 aromatic carbocycles. The molecule has 1 atom stereocenters. The summed E-state index contributed by atoms with van der Waals surface area (Å²) < 4.78 is 16.0. The van der Waals surface area contributed by atoms with E-state index in [0.29, 0.717) is 6.10 Å². The first-order valence-electron chi connectivity index (χ1n) is 5.88. The molecule has 1 saturated heterocycles. The fourth-order valence-electron chi connectivity index (χ4n) is 1.41. The lowest BCUT2D eigenvalue weighted by Gasteiger charge is -2.19. The Morgan fingerprint density at radius 1 is 1.27 bits per heavy atom. The van der Waals surface area contributed by atoms with Crippen molar-refractivity contribution in [3.63, 3.8) is 0 Å². The molecule has 90 valence electrons. The van der Waals surface area contributed by atoms with Gasteiger partial charge in [0, 0.05) is 13.7 Å². The van der Waals surface area contributed by atoms with Crippen LogP contribution in [0.5, 0.6) is 0 Å². The maximum atomic E-state index is 5.50. The second-order valence-electron chi connectivity index (χ2n) is 4.80.